The first-order valence-corrected chi connectivity index (χ1v) is 4.06. The average molecular weight is 190 g/mol. The molecule has 3 heteroatoms. The summed E-state index contributed by atoms with van der Waals surface area (Å²) in [6.45, 7) is 3.53. The van der Waals surface area contributed by atoms with Crippen molar-refractivity contribution in [2.75, 3.05) is 0 Å². The van der Waals surface area contributed by atoms with Gasteiger partial charge >= 0.3 is 5.97 Å². The number of allylic oxidation sites excluding steroid dienone is 1. The average Bonchev–Trinajstić information content (AvgIpc) is 2.46. The first kappa shape index (κ1) is 8.69. The Labute approximate surface area is 80.3 Å². The van der Waals surface area contributed by atoms with E-state index in [4.69, 9.17) is 4.74 Å². The van der Waals surface area contributed by atoms with Crippen molar-refractivity contribution in [3.8, 4) is 0 Å². The van der Waals surface area contributed by atoms with Crippen molar-refractivity contribution in [1.29, 1.82) is 0 Å². The fourth-order valence-corrected chi connectivity index (χ4v) is 1.31. The third kappa shape index (κ3) is 1.33. The molecule has 1 aromatic rings. The fourth-order valence-electron chi connectivity index (χ4n) is 1.31. The van der Waals surface area contributed by atoms with E-state index < -0.39 is 11.8 Å². The van der Waals surface area contributed by atoms with Crippen LogP contribution in [0.25, 0.3) is 5.57 Å². The molecular weight excluding hydrogens is 183 g/mol. The number of halogens is 1. The van der Waals surface area contributed by atoms with E-state index in [1.54, 1.807) is 18.2 Å². The van der Waals surface area contributed by atoms with Gasteiger partial charge in [-0.2, -0.15) is 0 Å². The minimum atomic E-state index is -0.506. The number of rotatable bonds is 1. The largest absolute Gasteiger partial charge is 0.423 e. The van der Waals surface area contributed by atoms with Crippen molar-refractivity contribution >= 4 is 11.5 Å². The van der Waals surface area contributed by atoms with E-state index in [9.17, 15) is 9.18 Å². The quantitative estimate of drug-likeness (QED) is 0.635. The number of ether oxygens (including phenoxy) is 1. The van der Waals surface area contributed by atoms with E-state index in [1.807, 2.05) is 0 Å². The van der Waals surface area contributed by atoms with Crippen LogP contribution in [0.15, 0.2) is 42.7 Å². The standard InChI is InChI=1S/C11H7FO2/c1-7-9(6-11(13)14-7)8-4-2-3-5-10(8)12/h2-6H,1H2. The molecule has 1 aromatic carbocycles. The SMILES string of the molecule is C=C1OC(=O)C=C1c1ccccc1F. The summed E-state index contributed by atoms with van der Waals surface area (Å²) in [5.41, 5.74) is 0.747. The van der Waals surface area contributed by atoms with Crippen LogP contribution in [0.1, 0.15) is 5.56 Å². The first-order chi connectivity index (χ1) is 6.68. The highest BCUT2D eigenvalue weighted by atomic mass is 19.1. The zero-order valence-electron chi connectivity index (χ0n) is 7.29. The van der Waals surface area contributed by atoms with Crippen LogP contribution in [-0.2, 0) is 9.53 Å². The molecule has 0 unspecified atom stereocenters. The van der Waals surface area contributed by atoms with Gasteiger partial charge in [-0.3, -0.25) is 0 Å². The van der Waals surface area contributed by atoms with Gasteiger partial charge in [0.15, 0.2) is 0 Å². The molecule has 0 saturated heterocycles. The lowest BCUT2D eigenvalue weighted by Gasteiger charge is -2.03. The highest BCUT2D eigenvalue weighted by molar-refractivity contribution is 6.01. The monoisotopic (exact) mass is 190 g/mol. The Morgan fingerprint density at radius 3 is 2.57 bits per heavy atom. The fraction of sp³-hybridized carbons (Fsp3) is 0. The van der Waals surface area contributed by atoms with Gasteiger partial charge in [0.25, 0.3) is 0 Å². The highest BCUT2D eigenvalue weighted by Gasteiger charge is 2.21. The Hall–Kier alpha value is -1.90. The number of esters is 1. The molecule has 70 valence electrons. The van der Waals surface area contributed by atoms with Gasteiger partial charge in [0.05, 0.1) is 0 Å². The molecule has 0 radical (unpaired) electrons. The van der Waals surface area contributed by atoms with Gasteiger partial charge in [0.1, 0.15) is 11.6 Å². The Kier molecular flexibility index (Phi) is 1.93. The predicted octanol–water partition coefficient (Wildman–Crippen LogP) is 2.28. The van der Waals surface area contributed by atoms with E-state index in [0.717, 1.165) is 0 Å². The van der Waals surface area contributed by atoms with E-state index in [2.05, 4.69) is 6.58 Å². The first-order valence-electron chi connectivity index (χ1n) is 4.06. The van der Waals surface area contributed by atoms with Crippen LogP contribution in [0.5, 0.6) is 0 Å². The molecule has 0 atom stereocenters. The van der Waals surface area contributed by atoms with Crippen molar-refractivity contribution in [2.24, 2.45) is 0 Å². The van der Waals surface area contributed by atoms with Gasteiger partial charge in [-0.15, -0.1) is 0 Å². The minimum Gasteiger partial charge on any atom is -0.423 e. The van der Waals surface area contributed by atoms with Crippen LogP contribution in [0, 0.1) is 5.82 Å². The molecular formula is C11H7FO2. The second-order valence-corrected chi connectivity index (χ2v) is 2.88. The number of hydrogen-bond acceptors (Lipinski definition) is 2. The van der Waals surface area contributed by atoms with Crippen LogP contribution >= 0.6 is 0 Å². The number of carbonyl (C=O) groups excluding carboxylic acids is 1. The summed E-state index contributed by atoms with van der Waals surface area (Å²) >= 11 is 0. The lowest BCUT2D eigenvalue weighted by atomic mass is 10.1. The van der Waals surface area contributed by atoms with Crippen molar-refractivity contribution in [1.82, 2.24) is 0 Å². The van der Waals surface area contributed by atoms with E-state index in [-0.39, 0.29) is 5.76 Å². The minimum absolute atomic E-state index is 0.195. The second-order valence-electron chi connectivity index (χ2n) is 2.88. The molecule has 2 rings (SSSR count). The molecule has 0 fully saturated rings. The molecule has 0 aromatic heterocycles. The van der Waals surface area contributed by atoms with Crippen molar-refractivity contribution in [3.63, 3.8) is 0 Å². The van der Waals surface area contributed by atoms with Crippen LogP contribution in [-0.4, -0.2) is 5.97 Å². The number of carbonyl (C=O) groups is 1. The lowest BCUT2D eigenvalue weighted by molar-refractivity contribution is -0.132. The third-order valence-electron chi connectivity index (χ3n) is 1.95. The van der Waals surface area contributed by atoms with Crippen LogP contribution < -0.4 is 0 Å². The summed E-state index contributed by atoms with van der Waals surface area (Å²) in [4.78, 5) is 10.9. The molecule has 0 amide bonds. The zero-order chi connectivity index (χ0) is 10.1. The van der Waals surface area contributed by atoms with Crippen LogP contribution in [0.2, 0.25) is 0 Å². The Bertz CT molecular complexity index is 446. The summed E-state index contributed by atoms with van der Waals surface area (Å²) in [6, 6.07) is 6.18. The molecule has 0 saturated carbocycles. The molecule has 1 aliphatic heterocycles. The van der Waals surface area contributed by atoms with E-state index >= 15 is 0 Å². The Morgan fingerprint density at radius 1 is 1.29 bits per heavy atom. The van der Waals surface area contributed by atoms with Crippen molar-refractivity contribution < 1.29 is 13.9 Å². The molecule has 1 aliphatic rings. The van der Waals surface area contributed by atoms with E-state index in [0.29, 0.717) is 11.1 Å². The van der Waals surface area contributed by atoms with Gasteiger partial charge in [0.2, 0.25) is 0 Å². The molecule has 1 heterocycles. The molecule has 2 nitrogen and oxygen atoms in total. The highest BCUT2D eigenvalue weighted by Crippen LogP contribution is 2.29. The third-order valence-corrected chi connectivity index (χ3v) is 1.95. The van der Waals surface area contributed by atoms with Gasteiger partial charge < -0.3 is 4.74 Å². The normalized spacial score (nSPS) is 15.4. The topological polar surface area (TPSA) is 26.3 Å². The number of benzene rings is 1. The van der Waals surface area contributed by atoms with Gasteiger partial charge in [-0.25, -0.2) is 9.18 Å². The summed E-state index contributed by atoms with van der Waals surface area (Å²) in [6.07, 6.45) is 1.24. The molecule has 0 spiro atoms. The molecule has 0 aliphatic carbocycles. The Morgan fingerprint density at radius 2 is 2.00 bits per heavy atom. The number of hydrogen-bond donors (Lipinski definition) is 0. The molecule has 0 bridgehead atoms. The summed E-state index contributed by atoms with van der Waals surface area (Å²) in [7, 11) is 0. The van der Waals surface area contributed by atoms with Crippen molar-refractivity contribution in [2.45, 2.75) is 0 Å². The summed E-state index contributed by atoms with van der Waals surface area (Å²) in [5.74, 6) is -0.702. The Balaban J connectivity index is 2.51. The van der Waals surface area contributed by atoms with Gasteiger partial charge in [0, 0.05) is 17.2 Å². The lowest BCUT2D eigenvalue weighted by Crippen LogP contribution is -1.90. The maximum Gasteiger partial charge on any atom is 0.336 e. The zero-order valence-corrected chi connectivity index (χ0v) is 7.29. The maximum atomic E-state index is 13.3. The molecule has 14 heavy (non-hydrogen) atoms. The van der Waals surface area contributed by atoms with Crippen molar-refractivity contribution in [3.05, 3.63) is 54.1 Å². The predicted molar refractivity (Wildman–Crippen MR) is 49.6 cm³/mol. The van der Waals surface area contributed by atoms with Gasteiger partial charge in [-0.1, -0.05) is 24.8 Å². The van der Waals surface area contributed by atoms with Crippen LogP contribution in [0.3, 0.4) is 0 Å². The summed E-state index contributed by atoms with van der Waals surface area (Å²) in [5, 5.41) is 0. The smallest absolute Gasteiger partial charge is 0.336 e. The maximum absolute atomic E-state index is 13.3. The second kappa shape index (κ2) is 3.10. The molecule has 0 N–H and O–H groups in total. The van der Waals surface area contributed by atoms with Gasteiger partial charge in [-0.05, 0) is 6.07 Å². The number of cyclic esters (lactones) is 1. The summed E-state index contributed by atoms with van der Waals surface area (Å²) < 4.78 is 18.0. The van der Waals surface area contributed by atoms with E-state index in [1.165, 1.54) is 12.1 Å². The van der Waals surface area contributed by atoms with Crippen LogP contribution in [0.4, 0.5) is 4.39 Å².